The Morgan fingerprint density at radius 3 is 2.65 bits per heavy atom. The van der Waals surface area contributed by atoms with E-state index in [2.05, 4.69) is 16.9 Å². The van der Waals surface area contributed by atoms with Crippen molar-refractivity contribution < 1.29 is 17.6 Å². The van der Waals surface area contributed by atoms with Crippen molar-refractivity contribution in [2.45, 2.75) is 11.3 Å². The molecule has 0 saturated heterocycles. The van der Waals surface area contributed by atoms with Gasteiger partial charge in [-0.1, -0.05) is 17.7 Å². The van der Waals surface area contributed by atoms with Gasteiger partial charge < -0.3 is 5.32 Å². The van der Waals surface area contributed by atoms with Crippen molar-refractivity contribution in [3.8, 4) is 0 Å². The largest absolute Gasteiger partial charge is 0.352 e. The zero-order valence-electron chi connectivity index (χ0n) is 16.3. The molecule has 162 valence electrons. The molecule has 31 heavy (non-hydrogen) atoms. The first-order chi connectivity index (χ1) is 14.8. The van der Waals surface area contributed by atoms with Crippen LogP contribution < -0.4 is 9.62 Å². The molecule has 0 atom stereocenters. The number of halogens is 2. The number of nitrogens with zero attached hydrogens (tertiary/aromatic N) is 2. The Hall–Kier alpha value is -2.75. The van der Waals surface area contributed by atoms with Crippen molar-refractivity contribution in [2.24, 2.45) is 0 Å². The third kappa shape index (κ3) is 5.49. The maximum absolute atomic E-state index is 13.3. The van der Waals surface area contributed by atoms with Gasteiger partial charge in [-0.2, -0.15) is 0 Å². The average Bonchev–Trinajstić information content (AvgIpc) is 3.26. The SMILES string of the molecule is C=CCN(c1ccc(F)cc1)S(=O)(=O)c1cc(C(=O)NCCc2nccs2)ccc1Cl. The second-order valence-electron chi connectivity index (χ2n) is 6.38. The van der Waals surface area contributed by atoms with Crippen LogP contribution >= 0.6 is 22.9 Å². The number of sulfonamides is 1. The van der Waals surface area contributed by atoms with E-state index in [9.17, 15) is 17.6 Å². The van der Waals surface area contributed by atoms with Crippen LogP contribution in [0.25, 0.3) is 0 Å². The summed E-state index contributed by atoms with van der Waals surface area (Å²) < 4.78 is 41.0. The Bertz CT molecular complexity index is 1170. The molecular formula is C21H19ClFN3O3S2. The molecule has 6 nitrogen and oxygen atoms in total. The Kier molecular flexibility index (Phi) is 7.42. The Balaban J connectivity index is 1.86. The summed E-state index contributed by atoms with van der Waals surface area (Å²) in [6.45, 7) is 3.89. The minimum atomic E-state index is -4.15. The van der Waals surface area contributed by atoms with E-state index >= 15 is 0 Å². The van der Waals surface area contributed by atoms with Crippen molar-refractivity contribution in [1.82, 2.24) is 10.3 Å². The van der Waals surface area contributed by atoms with E-state index in [0.29, 0.717) is 13.0 Å². The average molecular weight is 480 g/mol. The summed E-state index contributed by atoms with van der Waals surface area (Å²) in [5.74, 6) is -0.920. The molecule has 1 N–H and O–H groups in total. The van der Waals surface area contributed by atoms with Gasteiger partial charge in [-0.3, -0.25) is 9.10 Å². The first-order valence-corrected chi connectivity index (χ1v) is 11.9. The highest BCUT2D eigenvalue weighted by Gasteiger charge is 2.27. The van der Waals surface area contributed by atoms with E-state index in [1.165, 1.54) is 47.7 Å². The number of carbonyl (C=O) groups excluding carboxylic acids is 1. The zero-order chi connectivity index (χ0) is 22.4. The molecule has 0 radical (unpaired) electrons. The van der Waals surface area contributed by atoms with Gasteiger partial charge in [-0.15, -0.1) is 17.9 Å². The van der Waals surface area contributed by atoms with Crippen molar-refractivity contribution in [2.75, 3.05) is 17.4 Å². The molecule has 0 aliphatic rings. The van der Waals surface area contributed by atoms with E-state index in [4.69, 9.17) is 11.6 Å². The van der Waals surface area contributed by atoms with Gasteiger partial charge in [0.1, 0.15) is 10.7 Å². The quantitative estimate of drug-likeness (QED) is 0.464. The summed E-state index contributed by atoms with van der Waals surface area (Å²) in [5, 5.41) is 5.45. The summed E-state index contributed by atoms with van der Waals surface area (Å²) in [5.41, 5.74) is 0.399. The number of nitrogens with one attached hydrogen (secondary N) is 1. The van der Waals surface area contributed by atoms with Gasteiger partial charge in [0.2, 0.25) is 0 Å². The molecule has 1 heterocycles. The lowest BCUT2D eigenvalue weighted by Crippen LogP contribution is -2.32. The summed E-state index contributed by atoms with van der Waals surface area (Å²) in [6.07, 6.45) is 3.66. The van der Waals surface area contributed by atoms with Crippen LogP contribution in [-0.2, 0) is 16.4 Å². The number of hydrogen-bond acceptors (Lipinski definition) is 5. The Morgan fingerprint density at radius 1 is 1.26 bits per heavy atom. The molecule has 0 aliphatic heterocycles. The third-order valence-electron chi connectivity index (χ3n) is 4.28. The normalized spacial score (nSPS) is 11.2. The molecule has 0 saturated carbocycles. The van der Waals surface area contributed by atoms with Crippen LogP contribution in [0.15, 0.2) is 71.6 Å². The Labute approximate surface area is 189 Å². The van der Waals surface area contributed by atoms with E-state index in [1.54, 1.807) is 6.20 Å². The molecular weight excluding hydrogens is 461 g/mol. The lowest BCUT2D eigenvalue weighted by atomic mass is 10.2. The molecule has 0 bridgehead atoms. The van der Waals surface area contributed by atoms with Crippen LogP contribution in [0.5, 0.6) is 0 Å². The molecule has 0 spiro atoms. The minimum absolute atomic E-state index is 0.0319. The molecule has 10 heteroatoms. The zero-order valence-corrected chi connectivity index (χ0v) is 18.7. The highest BCUT2D eigenvalue weighted by Crippen LogP contribution is 2.29. The first kappa shape index (κ1) is 22.9. The molecule has 3 rings (SSSR count). The number of aromatic nitrogens is 1. The van der Waals surface area contributed by atoms with Crippen molar-refractivity contribution in [3.05, 3.63) is 88.1 Å². The minimum Gasteiger partial charge on any atom is -0.352 e. The smallest absolute Gasteiger partial charge is 0.266 e. The lowest BCUT2D eigenvalue weighted by Gasteiger charge is -2.24. The second kappa shape index (κ2) is 10.0. The van der Waals surface area contributed by atoms with Gasteiger partial charge in [-0.05, 0) is 42.5 Å². The predicted octanol–water partition coefficient (Wildman–Crippen LogP) is 4.29. The fourth-order valence-electron chi connectivity index (χ4n) is 2.79. The highest BCUT2D eigenvalue weighted by atomic mass is 35.5. The predicted molar refractivity (Wildman–Crippen MR) is 121 cm³/mol. The van der Waals surface area contributed by atoms with E-state index in [1.807, 2.05) is 5.38 Å². The summed E-state index contributed by atoms with van der Waals surface area (Å²) >= 11 is 7.67. The van der Waals surface area contributed by atoms with E-state index in [0.717, 1.165) is 21.4 Å². The Morgan fingerprint density at radius 2 is 2.00 bits per heavy atom. The van der Waals surface area contributed by atoms with Gasteiger partial charge >= 0.3 is 0 Å². The number of thiazole rings is 1. The number of hydrogen-bond donors (Lipinski definition) is 1. The van der Waals surface area contributed by atoms with Crippen LogP contribution in [-0.4, -0.2) is 32.4 Å². The lowest BCUT2D eigenvalue weighted by molar-refractivity contribution is 0.0954. The number of benzene rings is 2. The van der Waals surface area contributed by atoms with Gasteiger partial charge in [0.15, 0.2) is 0 Å². The van der Waals surface area contributed by atoms with Gasteiger partial charge in [0.25, 0.3) is 15.9 Å². The summed E-state index contributed by atoms with van der Waals surface area (Å²) in [7, 11) is -4.15. The maximum Gasteiger partial charge on any atom is 0.266 e. The fourth-order valence-corrected chi connectivity index (χ4v) is 5.35. The molecule has 0 unspecified atom stereocenters. The monoisotopic (exact) mass is 479 g/mol. The molecule has 2 aromatic carbocycles. The van der Waals surface area contributed by atoms with Crippen molar-refractivity contribution in [1.29, 1.82) is 0 Å². The molecule has 0 aliphatic carbocycles. The number of carbonyl (C=O) groups is 1. The fraction of sp³-hybridized carbons (Fsp3) is 0.143. The summed E-state index contributed by atoms with van der Waals surface area (Å²) in [4.78, 5) is 16.4. The standard InChI is InChI=1S/C21H19ClFN3O3S2/c1-2-12-26(17-6-4-16(23)5-7-17)31(28,29)19-14-15(3-8-18(19)22)21(27)25-10-9-20-24-11-13-30-20/h2-8,11,13-14H,1,9-10,12H2,(H,25,27). The van der Waals surface area contributed by atoms with Crippen LogP contribution in [0.1, 0.15) is 15.4 Å². The van der Waals surface area contributed by atoms with Gasteiger partial charge in [0, 0.05) is 30.1 Å². The number of rotatable bonds is 9. The molecule has 1 aromatic heterocycles. The highest BCUT2D eigenvalue weighted by molar-refractivity contribution is 7.93. The molecule has 0 fully saturated rings. The third-order valence-corrected chi connectivity index (χ3v) is 7.39. The second-order valence-corrected chi connectivity index (χ2v) is 9.60. The molecule has 3 aromatic rings. The van der Waals surface area contributed by atoms with Crippen LogP contribution in [0.4, 0.5) is 10.1 Å². The van der Waals surface area contributed by atoms with Crippen LogP contribution in [0, 0.1) is 5.82 Å². The number of amides is 1. The summed E-state index contributed by atoms with van der Waals surface area (Å²) in [6, 6.07) is 9.06. The van der Waals surface area contributed by atoms with Gasteiger partial charge in [0.05, 0.1) is 22.3 Å². The van der Waals surface area contributed by atoms with Crippen molar-refractivity contribution >= 4 is 44.6 Å². The van der Waals surface area contributed by atoms with E-state index < -0.39 is 21.7 Å². The molecule has 1 amide bonds. The maximum atomic E-state index is 13.3. The van der Waals surface area contributed by atoms with Crippen LogP contribution in [0.3, 0.4) is 0 Å². The van der Waals surface area contributed by atoms with Crippen LogP contribution in [0.2, 0.25) is 5.02 Å². The van der Waals surface area contributed by atoms with E-state index in [-0.39, 0.29) is 27.7 Å². The first-order valence-electron chi connectivity index (χ1n) is 9.18. The topological polar surface area (TPSA) is 79.4 Å². The number of anilines is 1. The van der Waals surface area contributed by atoms with Crippen molar-refractivity contribution in [3.63, 3.8) is 0 Å². The van der Waals surface area contributed by atoms with Gasteiger partial charge in [-0.25, -0.2) is 17.8 Å².